The van der Waals surface area contributed by atoms with E-state index in [4.69, 9.17) is 4.74 Å². The van der Waals surface area contributed by atoms with Gasteiger partial charge in [0, 0.05) is 5.41 Å². The van der Waals surface area contributed by atoms with Gasteiger partial charge in [0.05, 0.1) is 6.26 Å². The van der Waals surface area contributed by atoms with Crippen molar-refractivity contribution in [2.75, 3.05) is 0 Å². The highest BCUT2D eigenvalue weighted by atomic mass is 16.5. The maximum absolute atomic E-state index is 5.81. The van der Waals surface area contributed by atoms with Crippen LogP contribution in [0.4, 0.5) is 0 Å². The van der Waals surface area contributed by atoms with Crippen LogP contribution in [-0.4, -0.2) is 0 Å². The molecule has 0 aromatic heterocycles. The highest BCUT2D eigenvalue weighted by molar-refractivity contribution is 5.28. The fourth-order valence-corrected chi connectivity index (χ4v) is 1.87. The zero-order valence-corrected chi connectivity index (χ0v) is 11.2. The first-order chi connectivity index (χ1) is 6.62. The average Bonchev–Trinajstić information content (AvgIpc) is 2.00. The van der Waals surface area contributed by atoms with Crippen molar-refractivity contribution in [2.24, 2.45) is 10.8 Å². The van der Waals surface area contributed by atoms with E-state index in [0.29, 0.717) is 0 Å². The molecule has 1 aliphatic rings. The van der Waals surface area contributed by atoms with E-state index >= 15 is 0 Å². The average molecular weight is 208 g/mol. The SMILES string of the molecule is CC1=COC(C(C)(C)C)=C(C(C)(C)C)C1. The van der Waals surface area contributed by atoms with Gasteiger partial charge < -0.3 is 4.74 Å². The molecule has 1 heterocycles. The Morgan fingerprint density at radius 1 is 1.00 bits per heavy atom. The van der Waals surface area contributed by atoms with Crippen LogP contribution in [-0.2, 0) is 4.74 Å². The van der Waals surface area contributed by atoms with Gasteiger partial charge in [-0.1, -0.05) is 41.5 Å². The lowest BCUT2D eigenvalue weighted by molar-refractivity contribution is 0.216. The van der Waals surface area contributed by atoms with E-state index in [2.05, 4.69) is 48.5 Å². The molecular weight excluding hydrogens is 184 g/mol. The predicted molar refractivity (Wildman–Crippen MR) is 65.4 cm³/mol. The Morgan fingerprint density at radius 3 is 1.93 bits per heavy atom. The summed E-state index contributed by atoms with van der Waals surface area (Å²) < 4.78 is 5.81. The molecule has 15 heavy (non-hydrogen) atoms. The van der Waals surface area contributed by atoms with Crippen molar-refractivity contribution in [2.45, 2.75) is 54.9 Å². The number of rotatable bonds is 0. The first kappa shape index (κ1) is 12.4. The van der Waals surface area contributed by atoms with E-state index in [9.17, 15) is 0 Å². The molecule has 0 aliphatic carbocycles. The molecule has 0 saturated heterocycles. The Labute approximate surface area is 94.2 Å². The smallest absolute Gasteiger partial charge is 0.109 e. The largest absolute Gasteiger partial charge is 0.469 e. The van der Waals surface area contributed by atoms with E-state index in [1.807, 2.05) is 6.26 Å². The summed E-state index contributed by atoms with van der Waals surface area (Å²) in [6, 6.07) is 0. The van der Waals surface area contributed by atoms with Crippen LogP contribution in [0.2, 0.25) is 0 Å². The van der Waals surface area contributed by atoms with Crippen LogP contribution in [0.3, 0.4) is 0 Å². The molecule has 1 rings (SSSR count). The Bertz CT molecular complexity index is 305. The lowest BCUT2D eigenvalue weighted by atomic mass is 9.76. The fourth-order valence-electron chi connectivity index (χ4n) is 1.87. The van der Waals surface area contributed by atoms with Crippen LogP contribution in [0.15, 0.2) is 23.2 Å². The standard InChI is InChI=1S/C14H24O/c1-10-8-11(13(2,3)4)12(15-9-10)14(5,6)7/h9H,8H2,1-7H3. The molecule has 1 nitrogen and oxygen atoms in total. The van der Waals surface area contributed by atoms with Crippen LogP contribution < -0.4 is 0 Å². The molecule has 0 aromatic carbocycles. The Kier molecular flexibility index (Phi) is 3.04. The van der Waals surface area contributed by atoms with E-state index in [1.54, 1.807) is 0 Å². The van der Waals surface area contributed by atoms with Gasteiger partial charge in [-0.25, -0.2) is 0 Å². The van der Waals surface area contributed by atoms with Crippen LogP contribution in [0.25, 0.3) is 0 Å². The van der Waals surface area contributed by atoms with Crippen molar-refractivity contribution in [3.8, 4) is 0 Å². The molecular formula is C14H24O. The van der Waals surface area contributed by atoms with Gasteiger partial charge in [-0.2, -0.15) is 0 Å². The molecule has 0 fully saturated rings. The summed E-state index contributed by atoms with van der Waals surface area (Å²) in [7, 11) is 0. The van der Waals surface area contributed by atoms with E-state index in [-0.39, 0.29) is 10.8 Å². The molecule has 0 N–H and O–H groups in total. The molecule has 1 aliphatic heterocycles. The molecule has 0 aromatic rings. The topological polar surface area (TPSA) is 9.23 Å². The van der Waals surface area contributed by atoms with Gasteiger partial charge >= 0.3 is 0 Å². The van der Waals surface area contributed by atoms with Gasteiger partial charge in [-0.05, 0) is 29.9 Å². The van der Waals surface area contributed by atoms with Gasteiger partial charge in [-0.15, -0.1) is 0 Å². The summed E-state index contributed by atoms with van der Waals surface area (Å²) in [6.07, 6.45) is 2.95. The summed E-state index contributed by atoms with van der Waals surface area (Å²) in [5, 5.41) is 0. The van der Waals surface area contributed by atoms with Gasteiger partial charge in [0.15, 0.2) is 0 Å². The van der Waals surface area contributed by atoms with Crippen LogP contribution in [0, 0.1) is 10.8 Å². The third kappa shape index (κ3) is 2.87. The minimum Gasteiger partial charge on any atom is -0.469 e. The molecule has 0 atom stereocenters. The summed E-state index contributed by atoms with van der Waals surface area (Å²) in [5.41, 5.74) is 3.04. The van der Waals surface area contributed by atoms with Crippen LogP contribution in [0.1, 0.15) is 54.9 Å². The Morgan fingerprint density at radius 2 is 1.53 bits per heavy atom. The molecule has 0 unspecified atom stereocenters. The third-order valence-electron chi connectivity index (χ3n) is 2.69. The Hall–Kier alpha value is -0.720. The minimum atomic E-state index is 0.0970. The fraction of sp³-hybridized carbons (Fsp3) is 0.714. The van der Waals surface area contributed by atoms with Gasteiger partial charge in [0.2, 0.25) is 0 Å². The van der Waals surface area contributed by atoms with Crippen molar-refractivity contribution < 1.29 is 4.74 Å². The molecule has 0 amide bonds. The second-order valence-corrected chi connectivity index (χ2v) is 6.57. The van der Waals surface area contributed by atoms with Crippen LogP contribution >= 0.6 is 0 Å². The molecule has 0 saturated carbocycles. The van der Waals surface area contributed by atoms with E-state index < -0.39 is 0 Å². The van der Waals surface area contributed by atoms with Crippen molar-refractivity contribution in [3.05, 3.63) is 23.2 Å². The number of hydrogen-bond donors (Lipinski definition) is 0. The number of ether oxygens (including phenoxy) is 1. The lowest BCUT2D eigenvalue weighted by Gasteiger charge is -2.34. The zero-order chi connectivity index (χ0) is 11.9. The monoisotopic (exact) mass is 208 g/mol. The van der Waals surface area contributed by atoms with Crippen molar-refractivity contribution >= 4 is 0 Å². The van der Waals surface area contributed by atoms with Gasteiger partial charge in [0.1, 0.15) is 5.76 Å². The molecule has 0 bridgehead atoms. The van der Waals surface area contributed by atoms with Crippen molar-refractivity contribution in [1.82, 2.24) is 0 Å². The lowest BCUT2D eigenvalue weighted by Crippen LogP contribution is -2.23. The first-order valence-corrected chi connectivity index (χ1v) is 5.69. The maximum atomic E-state index is 5.81. The molecule has 86 valence electrons. The zero-order valence-electron chi connectivity index (χ0n) is 11.2. The van der Waals surface area contributed by atoms with Crippen molar-refractivity contribution in [3.63, 3.8) is 0 Å². The molecule has 1 heteroatoms. The number of allylic oxidation sites excluding steroid dienone is 3. The normalized spacial score (nSPS) is 18.7. The molecule has 0 radical (unpaired) electrons. The quantitative estimate of drug-likeness (QED) is 0.562. The second kappa shape index (κ2) is 3.70. The number of hydrogen-bond acceptors (Lipinski definition) is 1. The summed E-state index contributed by atoms with van der Waals surface area (Å²) >= 11 is 0. The van der Waals surface area contributed by atoms with Crippen molar-refractivity contribution in [1.29, 1.82) is 0 Å². The molecule has 0 spiro atoms. The first-order valence-electron chi connectivity index (χ1n) is 5.69. The second-order valence-electron chi connectivity index (χ2n) is 6.57. The Balaban J connectivity index is 3.16. The summed E-state index contributed by atoms with van der Waals surface area (Å²) in [4.78, 5) is 0. The maximum Gasteiger partial charge on any atom is 0.109 e. The van der Waals surface area contributed by atoms with Gasteiger partial charge in [0.25, 0.3) is 0 Å². The highest BCUT2D eigenvalue weighted by Gasteiger charge is 2.31. The summed E-state index contributed by atoms with van der Waals surface area (Å²) in [6.45, 7) is 15.5. The van der Waals surface area contributed by atoms with Crippen LogP contribution in [0.5, 0.6) is 0 Å². The van der Waals surface area contributed by atoms with E-state index in [1.165, 1.54) is 11.1 Å². The van der Waals surface area contributed by atoms with Gasteiger partial charge in [-0.3, -0.25) is 0 Å². The third-order valence-corrected chi connectivity index (χ3v) is 2.69. The summed E-state index contributed by atoms with van der Waals surface area (Å²) in [5.74, 6) is 1.15. The van der Waals surface area contributed by atoms with E-state index in [0.717, 1.165) is 12.2 Å². The highest BCUT2D eigenvalue weighted by Crippen LogP contribution is 2.42. The predicted octanol–water partition coefficient (Wildman–Crippen LogP) is 4.66. The minimum absolute atomic E-state index is 0.0970.